The van der Waals surface area contributed by atoms with Crippen LogP contribution < -0.4 is 19.5 Å². The maximum absolute atomic E-state index is 12.6. The normalized spacial score (nSPS) is 17.3. The lowest BCUT2D eigenvalue weighted by molar-refractivity contribution is -0.124. The summed E-state index contributed by atoms with van der Waals surface area (Å²) in [7, 11) is 1.63. The molecule has 1 N–H and O–H groups in total. The van der Waals surface area contributed by atoms with E-state index in [2.05, 4.69) is 11.4 Å². The van der Waals surface area contributed by atoms with E-state index < -0.39 is 0 Å². The number of methoxy groups -OCH3 is 1. The Morgan fingerprint density at radius 1 is 1.21 bits per heavy atom. The van der Waals surface area contributed by atoms with Crippen molar-refractivity contribution in [2.24, 2.45) is 0 Å². The Morgan fingerprint density at radius 2 is 1.96 bits per heavy atom. The van der Waals surface area contributed by atoms with Crippen molar-refractivity contribution >= 4 is 5.91 Å². The summed E-state index contributed by atoms with van der Waals surface area (Å²) in [5, 5.41) is 3.10. The number of hydrogen-bond acceptors (Lipinski definition) is 4. The summed E-state index contributed by atoms with van der Waals surface area (Å²) >= 11 is 0. The number of rotatable bonds is 5. The van der Waals surface area contributed by atoms with Gasteiger partial charge in [0.15, 0.2) is 6.61 Å². The average Bonchev–Trinajstić information content (AvgIpc) is 2.61. The van der Waals surface area contributed by atoms with Crippen molar-refractivity contribution in [3.8, 4) is 17.2 Å². The number of ether oxygens (including phenoxy) is 3. The van der Waals surface area contributed by atoms with Gasteiger partial charge in [-0.3, -0.25) is 4.79 Å². The molecule has 0 aliphatic carbocycles. The van der Waals surface area contributed by atoms with Gasteiger partial charge in [0.2, 0.25) is 0 Å². The molecule has 0 aromatic heterocycles. The Hall–Kier alpha value is -2.69. The van der Waals surface area contributed by atoms with Gasteiger partial charge in [-0.2, -0.15) is 0 Å². The predicted molar refractivity (Wildman–Crippen MR) is 109 cm³/mol. The number of amides is 1. The molecule has 5 nitrogen and oxygen atoms in total. The highest BCUT2D eigenvalue weighted by Gasteiger charge is 2.34. The molecule has 0 unspecified atom stereocenters. The maximum Gasteiger partial charge on any atom is 0.258 e. The molecule has 1 aliphatic rings. The number of carbonyl (C=O) groups is 1. The van der Waals surface area contributed by atoms with Crippen LogP contribution in [0.5, 0.6) is 17.2 Å². The molecule has 0 radical (unpaired) electrons. The fraction of sp³-hybridized carbons (Fsp3) is 0.435. The second kappa shape index (κ2) is 7.74. The Balaban J connectivity index is 1.72. The second-order valence-electron chi connectivity index (χ2n) is 8.08. The first-order chi connectivity index (χ1) is 13.2. The summed E-state index contributed by atoms with van der Waals surface area (Å²) in [6.45, 7) is 10.1. The first kappa shape index (κ1) is 20.1. The summed E-state index contributed by atoms with van der Waals surface area (Å²) in [6, 6.07) is 9.64. The third-order valence-electron chi connectivity index (χ3n) is 5.14. The topological polar surface area (TPSA) is 56.8 Å². The van der Waals surface area contributed by atoms with Crippen molar-refractivity contribution in [2.45, 2.75) is 52.7 Å². The van der Waals surface area contributed by atoms with E-state index >= 15 is 0 Å². The van der Waals surface area contributed by atoms with Crippen molar-refractivity contribution in [1.82, 2.24) is 5.32 Å². The van der Waals surface area contributed by atoms with E-state index in [-0.39, 0.29) is 24.2 Å². The summed E-state index contributed by atoms with van der Waals surface area (Å²) in [5.41, 5.74) is 3.90. The third-order valence-corrected chi connectivity index (χ3v) is 5.14. The Morgan fingerprint density at radius 3 is 2.68 bits per heavy atom. The summed E-state index contributed by atoms with van der Waals surface area (Å²) in [6.07, 6.45) is 0.681. The van der Waals surface area contributed by atoms with Gasteiger partial charge in [0.05, 0.1) is 13.2 Å². The molecule has 0 saturated carbocycles. The van der Waals surface area contributed by atoms with Crippen LogP contribution in [0.25, 0.3) is 0 Å². The third kappa shape index (κ3) is 4.41. The number of benzene rings is 2. The predicted octanol–water partition coefficient (Wildman–Crippen LogP) is 4.42. The molecule has 1 amide bonds. The van der Waals surface area contributed by atoms with Gasteiger partial charge < -0.3 is 19.5 Å². The number of aryl methyl sites for hydroxylation is 2. The number of nitrogens with one attached hydrogen (secondary N) is 1. The standard InChI is InChI=1S/C23H29NO4/c1-14-9-15(2)16(3)20(10-14)27-13-22(25)24-19-12-23(4,5)28-21-11-17(26-6)7-8-18(19)21/h7-11,19H,12-13H2,1-6H3,(H,24,25)/t19-/m1/s1. The molecule has 2 aromatic rings. The molecule has 1 aliphatic heterocycles. The molecule has 1 heterocycles. The van der Waals surface area contributed by atoms with Gasteiger partial charge in [-0.25, -0.2) is 0 Å². The van der Waals surface area contributed by atoms with Crippen molar-refractivity contribution in [1.29, 1.82) is 0 Å². The van der Waals surface area contributed by atoms with Crippen molar-refractivity contribution < 1.29 is 19.0 Å². The van der Waals surface area contributed by atoms with Gasteiger partial charge >= 0.3 is 0 Å². The van der Waals surface area contributed by atoms with Gasteiger partial charge in [0.25, 0.3) is 5.91 Å². The van der Waals surface area contributed by atoms with E-state index in [0.29, 0.717) is 6.42 Å². The van der Waals surface area contributed by atoms with Crippen LogP contribution in [0.15, 0.2) is 30.3 Å². The van der Waals surface area contributed by atoms with Gasteiger partial charge in [-0.1, -0.05) is 6.07 Å². The van der Waals surface area contributed by atoms with Crippen LogP contribution in [-0.4, -0.2) is 25.2 Å². The van der Waals surface area contributed by atoms with E-state index in [0.717, 1.165) is 39.5 Å². The van der Waals surface area contributed by atoms with Crippen LogP contribution in [0, 0.1) is 20.8 Å². The van der Waals surface area contributed by atoms with Crippen LogP contribution in [0.3, 0.4) is 0 Å². The van der Waals surface area contributed by atoms with Crippen LogP contribution in [0.2, 0.25) is 0 Å². The molecule has 28 heavy (non-hydrogen) atoms. The lowest BCUT2D eigenvalue weighted by Gasteiger charge is -2.38. The number of hydrogen-bond donors (Lipinski definition) is 1. The SMILES string of the molecule is COc1ccc2c(c1)OC(C)(C)C[C@H]2NC(=O)COc1cc(C)cc(C)c1C. The van der Waals surface area contributed by atoms with Gasteiger partial charge in [-0.05, 0) is 69.5 Å². The van der Waals surface area contributed by atoms with Gasteiger partial charge in [0, 0.05) is 18.1 Å². The second-order valence-corrected chi connectivity index (χ2v) is 8.08. The molecule has 0 saturated heterocycles. The fourth-order valence-corrected chi connectivity index (χ4v) is 3.62. The van der Waals surface area contributed by atoms with Crippen LogP contribution in [0.1, 0.15) is 48.6 Å². The molecule has 1 atom stereocenters. The minimum absolute atomic E-state index is 0.0208. The molecule has 0 spiro atoms. The highest BCUT2D eigenvalue weighted by molar-refractivity contribution is 5.78. The highest BCUT2D eigenvalue weighted by atomic mass is 16.5. The van der Waals surface area contributed by atoms with Crippen LogP contribution in [-0.2, 0) is 4.79 Å². The maximum atomic E-state index is 12.6. The minimum atomic E-state index is -0.386. The highest BCUT2D eigenvalue weighted by Crippen LogP contribution is 2.41. The zero-order valence-corrected chi connectivity index (χ0v) is 17.5. The largest absolute Gasteiger partial charge is 0.497 e. The molecule has 0 fully saturated rings. The zero-order valence-electron chi connectivity index (χ0n) is 17.5. The molecule has 2 aromatic carbocycles. The first-order valence-corrected chi connectivity index (χ1v) is 9.55. The number of carbonyl (C=O) groups excluding carboxylic acids is 1. The molecule has 150 valence electrons. The molecule has 5 heteroatoms. The molecule has 0 bridgehead atoms. The molecular weight excluding hydrogens is 354 g/mol. The first-order valence-electron chi connectivity index (χ1n) is 9.55. The zero-order chi connectivity index (χ0) is 20.5. The van der Waals surface area contributed by atoms with Crippen LogP contribution >= 0.6 is 0 Å². The summed E-state index contributed by atoms with van der Waals surface area (Å²) in [4.78, 5) is 12.6. The van der Waals surface area contributed by atoms with Gasteiger partial charge in [-0.15, -0.1) is 0 Å². The van der Waals surface area contributed by atoms with E-state index in [1.54, 1.807) is 7.11 Å². The van der Waals surface area contributed by atoms with E-state index in [9.17, 15) is 4.79 Å². The fourth-order valence-electron chi connectivity index (χ4n) is 3.62. The lowest BCUT2D eigenvalue weighted by Crippen LogP contribution is -2.42. The quantitative estimate of drug-likeness (QED) is 0.830. The molecular formula is C23H29NO4. The number of fused-ring (bicyclic) bond motifs is 1. The Labute approximate surface area is 167 Å². The van der Waals surface area contributed by atoms with Crippen molar-refractivity contribution in [2.75, 3.05) is 13.7 Å². The summed E-state index contributed by atoms with van der Waals surface area (Å²) < 4.78 is 17.2. The molecule has 3 rings (SSSR count). The van der Waals surface area contributed by atoms with Crippen molar-refractivity contribution in [3.05, 3.63) is 52.6 Å². The Bertz CT molecular complexity index is 888. The van der Waals surface area contributed by atoms with E-state index in [1.807, 2.05) is 58.9 Å². The van der Waals surface area contributed by atoms with Crippen LogP contribution in [0.4, 0.5) is 0 Å². The van der Waals surface area contributed by atoms with Gasteiger partial charge in [0.1, 0.15) is 22.8 Å². The van der Waals surface area contributed by atoms with E-state index in [4.69, 9.17) is 14.2 Å². The summed E-state index contributed by atoms with van der Waals surface area (Å²) in [5.74, 6) is 2.08. The average molecular weight is 383 g/mol. The minimum Gasteiger partial charge on any atom is -0.497 e. The smallest absolute Gasteiger partial charge is 0.258 e. The monoisotopic (exact) mass is 383 g/mol. The van der Waals surface area contributed by atoms with Crippen molar-refractivity contribution in [3.63, 3.8) is 0 Å². The Kier molecular flexibility index (Phi) is 5.54. The van der Waals surface area contributed by atoms with E-state index in [1.165, 1.54) is 0 Å². The lowest BCUT2D eigenvalue weighted by atomic mass is 9.89.